The van der Waals surface area contributed by atoms with Crippen LogP contribution >= 0.6 is 0 Å². The van der Waals surface area contributed by atoms with Crippen molar-refractivity contribution in [1.82, 2.24) is 0 Å². The van der Waals surface area contributed by atoms with Crippen LogP contribution in [0.1, 0.15) is 24.8 Å². The quantitative estimate of drug-likeness (QED) is 0.673. The van der Waals surface area contributed by atoms with Gasteiger partial charge < -0.3 is 0 Å². The predicted molar refractivity (Wildman–Crippen MR) is 52.5 cm³/mol. The molecule has 0 aromatic heterocycles. The highest BCUT2D eigenvalue weighted by Crippen LogP contribution is 2.24. The molecule has 1 nitrogen and oxygen atoms in total. The van der Waals surface area contributed by atoms with Crippen molar-refractivity contribution < 1.29 is 4.79 Å². The lowest BCUT2D eigenvalue weighted by atomic mass is 9.97. The van der Waals surface area contributed by atoms with Crippen LogP contribution < -0.4 is 0 Å². The van der Waals surface area contributed by atoms with E-state index in [9.17, 15) is 4.79 Å². The number of hydrogen-bond acceptors (Lipinski definition) is 1. The first-order valence-corrected chi connectivity index (χ1v) is 4.93. The Morgan fingerprint density at radius 1 is 1.23 bits per heavy atom. The maximum absolute atomic E-state index is 11.4. The summed E-state index contributed by atoms with van der Waals surface area (Å²) in [7, 11) is 0. The first-order chi connectivity index (χ1) is 6.36. The molecule has 1 aliphatic carbocycles. The molecule has 0 N–H and O–H groups in total. The molecule has 1 aromatic rings. The van der Waals surface area contributed by atoms with E-state index < -0.39 is 0 Å². The summed E-state index contributed by atoms with van der Waals surface area (Å²) in [6, 6.07) is 10.3. The van der Waals surface area contributed by atoms with E-state index in [1.165, 1.54) is 5.56 Å². The van der Waals surface area contributed by atoms with Gasteiger partial charge in [-0.3, -0.25) is 4.79 Å². The number of Topliss-reactive ketones (excluding diaryl/α,β-unsaturated/α-hetero) is 1. The normalized spacial score (nSPS) is 22.2. The van der Waals surface area contributed by atoms with Gasteiger partial charge in [0.15, 0.2) is 0 Å². The topological polar surface area (TPSA) is 17.1 Å². The molecule has 0 radical (unpaired) electrons. The number of carbonyl (C=O) groups is 1. The first kappa shape index (κ1) is 8.49. The van der Waals surface area contributed by atoms with E-state index in [-0.39, 0.29) is 0 Å². The fraction of sp³-hybridized carbons (Fsp3) is 0.417. The van der Waals surface area contributed by atoms with E-state index in [2.05, 4.69) is 12.1 Å². The van der Waals surface area contributed by atoms with Crippen LogP contribution in [-0.2, 0) is 11.2 Å². The number of ketones is 1. The Hall–Kier alpha value is -1.11. The van der Waals surface area contributed by atoms with Gasteiger partial charge in [-0.15, -0.1) is 0 Å². The van der Waals surface area contributed by atoms with Gasteiger partial charge in [-0.25, -0.2) is 0 Å². The minimum absolute atomic E-state index is 0.308. The van der Waals surface area contributed by atoms with Gasteiger partial charge in [-0.1, -0.05) is 30.3 Å². The Kier molecular flexibility index (Phi) is 2.44. The van der Waals surface area contributed by atoms with Crippen molar-refractivity contribution in [3.63, 3.8) is 0 Å². The maximum atomic E-state index is 11.4. The maximum Gasteiger partial charge on any atom is 0.136 e. The van der Waals surface area contributed by atoms with Crippen molar-refractivity contribution in [2.75, 3.05) is 0 Å². The Morgan fingerprint density at radius 3 is 2.62 bits per heavy atom. The van der Waals surface area contributed by atoms with Gasteiger partial charge in [0.05, 0.1) is 0 Å². The first-order valence-electron chi connectivity index (χ1n) is 4.93. The van der Waals surface area contributed by atoms with Crippen molar-refractivity contribution >= 4 is 5.78 Å². The fourth-order valence-electron chi connectivity index (χ4n) is 2.00. The molecular weight excluding hydrogens is 160 g/mol. The third-order valence-corrected chi connectivity index (χ3v) is 2.76. The zero-order valence-corrected chi connectivity index (χ0v) is 7.70. The second-order valence-electron chi connectivity index (χ2n) is 3.75. The molecular formula is C12H14O. The molecule has 1 heteroatoms. The number of carbonyl (C=O) groups excluding carboxylic acids is 1. The van der Waals surface area contributed by atoms with Crippen LogP contribution in [0.2, 0.25) is 0 Å². The second kappa shape index (κ2) is 3.73. The fourth-order valence-corrected chi connectivity index (χ4v) is 2.00. The smallest absolute Gasteiger partial charge is 0.136 e. The second-order valence-corrected chi connectivity index (χ2v) is 3.75. The summed E-state index contributed by atoms with van der Waals surface area (Å²) in [5.74, 6) is 0.770. The molecule has 1 aromatic carbocycles. The van der Waals surface area contributed by atoms with Crippen LogP contribution in [0.4, 0.5) is 0 Å². The molecule has 0 aliphatic heterocycles. The van der Waals surface area contributed by atoms with Crippen molar-refractivity contribution in [3.8, 4) is 0 Å². The highest BCUT2D eigenvalue weighted by Gasteiger charge is 2.23. The molecule has 13 heavy (non-hydrogen) atoms. The third kappa shape index (κ3) is 1.97. The average Bonchev–Trinajstić information content (AvgIpc) is 2.54. The molecule has 1 atom stereocenters. The van der Waals surface area contributed by atoms with Crippen LogP contribution in [0, 0.1) is 5.92 Å². The summed E-state index contributed by atoms with van der Waals surface area (Å²) in [6.45, 7) is 0. The van der Waals surface area contributed by atoms with Crippen LogP contribution in [0.15, 0.2) is 30.3 Å². The standard InChI is InChI=1S/C12H14O/c13-12-8-4-7-11(12)9-10-5-2-1-3-6-10/h1-3,5-6,11H,4,7-9H2. The lowest BCUT2D eigenvalue weighted by molar-refractivity contribution is -0.120. The van der Waals surface area contributed by atoms with Crippen molar-refractivity contribution in [1.29, 1.82) is 0 Å². The van der Waals surface area contributed by atoms with E-state index >= 15 is 0 Å². The summed E-state index contributed by atoms with van der Waals surface area (Å²) in [5, 5.41) is 0. The van der Waals surface area contributed by atoms with Crippen LogP contribution in [0.25, 0.3) is 0 Å². The summed E-state index contributed by atoms with van der Waals surface area (Å²) < 4.78 is 0. The van der Waals surface area contributed by atoms with Crippen molar-refractivity contribution in [2.24, 2.45) is 5.92 Å². The summed E-state index contributed by atoms with van der Waals surface area (Å²) in [4.78, 5) is 11.4. The van der Waals surface area contributed by atoms with Gasteiger partial charge in [0.2, 0.25) is 0 Å². The van der Waals surface area contributed by atoms with Crippen LogP contribution in [0.5, 0.6) is 0 Å². The molecule has 1 fully saturated rings. The lowest BCUT2D eigenvalue weighted by Gasteiger charge is -2.06. The van der Waals surface area contributed by atoms with Gasteiger partial charge in [-0.2, -0.15) is 0 Å². The van der Waals surface area contributed by atoms with E-state index in [0.29, 0.717) is 11.7 Å². The van der Waals surface area contributed by atoms with Gasteiger partial charge >= 0.3 is 0 Å². The molecule has 0 bridgehead atoms. The largest absolute Gasteiger partial charge is 0.299 e. The molecule has 1 unspecified atom stereocenters. The summed E-state index contributed by atoms with van der Waals surface area (Å²) in [6.07, 6.45) is 3.93. The molecule has 0 heterocycles. The van der Waals surface area contributed by atoms with Gasteiger partial charge in [0.1, 0.15) is 5.78 Å². The number of hydrogen-bond donors (Lipinski definition) is 0. The van der Waals surface area contributed by atoms with E-state index in [4.69, 9.17) is 0 Å². The van der Waals surface area contributed by atoms with E-state index in [1.54, 1.807) is 0 Å². The van der Waals surface area contributed by atoms with Crippen LogP contribution in [-0.4, -0.2) is 5.78 Å². The molecule has 1 saturated carbocycles. The lowest BCUT2D eigenvalue weighted by Crippen LogP contribution is -2.09. The molecule has 0 saturated heterocycles. The van der Waals surface area contributed by atoms with Gasteiger partial charge in [0.25, 0.3) is 0 Å². The van der Waals surface area contributed by atoms with E-state index in [1.807, 2.05) is 18.2 Å². The SMILES string of the molecule is O=C1CCCC1Cc1ccccc1. The summed E-state index contributed by atoms with van der Waals surface area (Å²) >= 11 is 0. The monoisotopic (exact) mass is 174 g/mol. The molecule has 0 spiro atoms. The van der Waals surface area contributed by atoms with Crippen molar-refractivity contribution in [3.05, 3.63) is 35.9 Å². The highest BCUT2D eigenvalue weighted by atomic mass is 16.1. The Bertz CT molecular complexity index is 289. The zero-order valence-electron chi connectivity index (χ0n) is 7.70. The van der Waals surface area contributed by atoms with Crippen molar-refractivity contribution in [2.45, 2.75) is 25.7 Å². The predicted octanol–water partition coefficient (Wildman–Crippen LogP) is 2.60. The molecule has 2 rings (SSSR count). The Balaban J connectivity index is 2.02. The zero-order chi connectivity index (χ0) is 9.10. The average molecular weight is 174 g/mol. The minimum Gasteiger partial charge on any atom is -0.299 e. The highest BCUT2D eigenvalue weighted by molar-refractivity contribution is 5.83. The van der Waals surface area contributed by atoms with Crippen LogP contribution in [0.3, 0.4) is 0 Å². The number of rotatable bonds is 2. The number of benzene rings is 1. The molecule has 68 valence electrons. The summed E-state index contributed by atoms with van der Waals surface area (Å²) in [5.41, 5.74) is 1.29. The van der Waals surface area contributed by atoms with Gasteiger partial charge in [-0.05, 0) is 24.8 Å². The molecule has 1 aliphatic rings. The minimum atomic E-state index is 0.308. The van der Waals surface area contributed by atoms with E-state index in [0.717, 1.165) is 25.7 Å². The Morgan fingerprint density at radius 2 is 2.00 bits per heavy atom. The third-order valence-electron chi connectivity index (χ3n) is 2.76. The molecule has 0 amide bonds. The Labute approximate surface area is 78.8 Å². The van der Waals surface area contributed by atoms with Gasteiger partial charge in [0, 0.05) is 12.3 Å².